The van der Waals surface area contributed by atoms with E-state index in [0.29, 0.717) is 30.6 Å². The van der Waals surface area contributed by atoms with Crippen molar-refractivity contribution in [2.24, 2.45) is 5.92 Å². The molecular formula is C20H21N3O4. The van der Waals surface area contributed by atoms with Crippen LogP contribution in [-0.2, 0) is 0 Å². The SMILES string of the molecule is COc1ccc([C@H]2CN(C(=O)O)C[C@H]2C)cc1Oc1nc2ccccc2[nH]1. The summed E-state index contributed by atoms with van der Waals surface area (Å²) in [5.74, 6) is 1.49. The largest absolute Gasteiger partial charge is 0.493 e. The van der Waals surface area contributed by atoms with Crippen LogP contribution in [-0.4, -0.2) is 46.3 Å². The topological polar surface area (TPSA) is 87.7 Å². The number of aromatic nitrogens is 2. The van der Waals surface area contributed by atoms with E-state index in [1.165, 1.54) is 4.90 Å². The van der Waals surface area contributed by atoms with Gasteiger partial charge in [0.2, 0.25) is 0 Å². The van der Waals surface area contributed by atoms with Gasteiger partial charge < -0.3 is 24.5 Å². The second-order valence-corrected chi connectivity index (χ2v) is 6.84. The molecule has 0 spiro atoms. The molecule has 1 amide bonds. The number of carbonyl (C=O) groups is 1. The highest BCUT2D eigenvalue weighted by Crippen LogP contribution is 2.38. The Labute approximate surface area is 156 Å². The smallest absolute Gasteiger partial charge is 0.407 e. The van der Waals surface area contributed by atoms with Crippen LogP contribution in [0.3, 0.4) is 0 Å². The van der Waals surface area contributed by atoms with Crippen molar-refractivity contribution >= 4 is 17.1 Å². The lowest BCUT2D eigenvalue weighted by atomic mass is 9.90. The summed E-state index contributed by atoms with van der Waals surface area (Å²) in [5, 5.41) is 9.27. The first kappa shape index (κ1) is 17.2. The summed E-state index contributed by atoms with van der Waals surface area (Å²) >= 11 is 0. The van der Waals surface area contributed by atoms with Crippen molar-refractivity contribution in [3.63, 3.8) is 0 Å². The number of carboxylic acid groups (broad SMARTS) is 1. The van der Waals surface area contributed by atoms with E-state index in [-0.39, 0.29) is 11.8 Å². The fourth-order valence-electron chi connectivity index (χ4n) is 3.64. The molecule has 0 radical (unpaired) electrons. The van der Waals surface area contributed by atoms with Gasteiger partial charge in [-0.1, -0.05) is 25.1 Å². The van der Waals surface area contributed by atoms with E-state index in [0.717, 1.165) is 16.6 Å². The first-order valence-corrected chi connectivity index (χ1v) is 8.83. The Morgan fingerprint density at radius 2 is 2.04 bits per heavy atom. The molecule has 7 nitrogen and oxygen atoms in total. The zero-order valence-electron chi connectivity index (χ0n) is 15.2. The Morgan fingerprint density at radius 1 is 1.22 bits per heavy atom. The Hall–Kier alpha value is -3.22. The number of imidazole rings is 1. The number of likely N-dealkylation sites (tertiary alicyclic amines) is 1. The van der Waals surface area contributed by atoms with Gasteiger partial charge in [0.05, 0.1) is 18.1 Å². The Balaban J connectivity index is 1.64. The third-order valence-corrected chi connectivity index (χ3v) is 5.07. The van der Waals surface area contributed by atoms with Gasteiger partial charge in [-0.15, -0.1) is 0 Å². The Morgan fingerprint density at radius 3 is 2.74 bits per heavy atom. The molecule has 1 aromatic heterocycles. The number of aromatic amines is 1. The summed E-state index contributed by atoms with van der Waals surface area (Å²) in [6.45, 7) is 3.08. The number of methoxy groups -OCH3 is 1. The van der Waals surface area contributed by atoms with Crippen LogP contribution in [0, 0.1) is 5.92 Å². The van der Waals surface area contributed by atoms with Crippen LogP contribution in [0.15, 0.2) is 42.5 Å². The minimum atomic E-state index is -0.878. The zero-order chi connectivity index (χ0) is 19.0. The number of rotatable bonds is 4. The van der Waals surface area contributed by atoms with Crippen molar-refractivity contribution in [2.75, 3.05) is 20.2 Å². The lowest BCUT2D eigenvalue weighted by Gasteiger charge is -2.17. The summed E-state index contributed by atoms with van der Waals surface area (Å²) < 4.78 is 11.4. The molecule has 7 heteroatoms. The molecule has 1 aliphatic heterocycles. The minimum absolute atomic E-state index is 0.116. The summed E-state index contributed by atoms with van der Waals surface area (Å²) in [5.41, 5.74) is 2.74. The standard InChI is InChI=1S/C20H21N3O4/c1-12-10-23(20(24)25)11-14(12)13-7-8-17(26-2)18(9-13)27-19-21-15-5-3-4-6-16(15)22-19/h3-9,12,14H,10-11H2,1-2H3,(H,21,22)(H,24,25)/t12-,14+/m1/s1. The summed E-state index contributed by atoms with van der Waals surface area (Å²) in [6, 6.07) is 13.8. The fraction of sp³-hybridized carbons (Fsp3) is 0.300. The van der Waals surface area contributed by atoms with Gasteiger partial charge in [-0.2, -0.15) is 4.98 Å². The van der Waals surface area contributed by atoms with Crippen molar-refractivity contribution in [3.05, 3.63) is 48.0 Å². The van der Waals surface area contributed by atoms with E-state index >= 15 is 0 Å². The molecule has 1 aliphatic rings. The monoisotopic (exact) mass is 367 g/mol. The molecule has 140 valence electrons. The van der Waals surface area contributed by atoms with Crippen LogP contribution in [0.2, 0.25) is 0 Å². The second-order valence-electron chi connectivity index (χ2n) is 6.84. The molecule has 0 bridgehead atoms. The van der Waals surface area contributed by atoms with E-state index in [9.17, 15) is 9.90 Å². The number of nitrogens with zero attached hydrogens (tertiary/aromatic N) is 2. The van der Waals surface area contributed by atoms with E-state index in [1.807, 2.05) is 42.5 Å². The Bertz CT molecular complexity index is 951. The summed E-state index contributed by atoms with van der Waals surface area (Å²) in [4.78, 5) is 20.3. The van der Waals surface area contributed by atoms with E-state index in [4.69, 9.17) is 9.47 Å². The van der Waals surface area contributed by atoms with Crippen molar-refractivity contribution in [3.8, 4) is 17.5 Å². The number of nitrogens with one attached hydrogen (secondary N) is 1. The number of H-pyrrole nitrogens is 1. The normalized spacial score (nSPS) is 19.4. The van der Waals surface area contributed by atoms with Crippen LogP contribution in [0.4, 0.5) is 4.79 Å². The minimum Gasteiger partial charge on any atom is -0.493 e. The average molecular weight is 367 g/mol. The third-order valence-electron chi connectivity index (χ3n) is 5.07. The zero-order valence-corrected chi connectivity index (χ0v) is 15.2. The van der Waals surface area contributed by atoms with Gasteiger partial charge in [-0.3, -0.25) is 0 Å². The molecule has 1 fully saturated rings. The molecule has 27 heavy (non-hydrogen) atoms. The van der Waals surface area contributed by atoms with Crippen LogP contribution in [0.5, 0.6) is 17.5 Å². The molecular weight excluding hydrogens is 346 g/mol. The van der Waals surface area contributed by atoms with E-state index < -0.39 is 6.09 Å². The van der Waals surface area contributed by atoms with E-state index in [2.05, 4.69) is 16.9 Å². The lowest BCUT2D eigenvalue weighted by molar-refractivity contribution is 0.154. The van der Waals surface area contributed by atoms with Crippen molar-refractivity contribution in [1.29, 1.82) is 0 Å². The molecule has 3 aromatic rings. The molecule has 2 aromatic carbocycles. The molecule has 2 N–H and O–H groups in total. The predicted octanol–water partition coefficient (Wildman–Crippen LogP) is 4.08. The first-order valence-electron chi connectivity index (χ1n) is 8.83. The molecule has 0 aliphatic carbocycles. The van der Waals surface area contributed by atoms with Crippen LogP contribution in [0.25, 0.3) is 11.0 Å². The molecule has 2 heterocycles. The van der Waals surface area contributed by atoms with Gasteiger partial charge in [-0.25, -0.2) is 4.79 Å². The van der Waals surface area contributed by atoms with E-state index in [1.54, 1.807) is 7.11 Å². The van der Waals surface area contributed by atoms with Crippen LogP contribution >= 0.6 is 0 Å². The van der Waals surface area contributed by atoms with Gasteiger partial charge in [0.25, 0.3) is 6.01 Å². The number of para-hydroxylation sites is 2. The predicted molar refractivity (Wildman–Crippen MR) is 101 cm³/mol. The van der Waals surface area contributed by atoms with Crippen molar-refractivity contribution in [2.45, 2.75) is 12.8 Å². The highest BCUT2D eigenvalue weighted by Gasteiger charge is 2.33. The van der Waals surface area contributed by atoms with Gasteiger partial charge >= 0.3 is 6.09 Å². The molecule has 2 atom stereocenters. The van der Waals surface area contributed by atoms with Gasteiger partial charge in [0.15, 0.2) is 11.5 Å². The maximum Gasteiger partial charge on any atom is 0.407 e. The van der Waals surface area contributed by atoms with Crippen molar-refractivity contribution in [1.82, 2.24) is 14.9 Å². The van der Waals surface area contributed by atoms with Gasteiger partial charge in [-0.05, 0) is 35.7 Å². The lowest BCUT2D eigenvalue weighted by Crippen LogP contribution is -2.26. The number of hydrogen-bond acceptors (Lipinski definition) is 4. The highest BCUT2D eigenvalue weighted by atomic mass is 16.5. The molecule has 0 saturated carbocycles. The summed E-state index contributed by atoms with van der Waals surface area (Å²) in [7, 11) is 1.59. The maximum atomic E-state index is 11.3. The molecule has 0 unspecified atom stereocenters. The third kappa shape index (κ3) is 3.28. The van der Waals surface area contributed by atoms with Gasteiger partial charge in [0.1, 0.15) is 0 Å². The Kier molecular flexibility index (Phi) is 4.35. The second kappa shape index (κ2) is 6.83. The maximum absolute atomic E-state index is 11.3. The number of ether oxygens (including phenoxy) is 2. The number of hydrogen-bond donors (Lipinski definition) is 2. The van der Waals surface area contributed by atoms with Crippen LogP contribution < -0.4 is 9.47 Å². The number of benzene rings is 2. The van der Waals surface area contributed by atoms with Crippen LogP contribution in [0.1, 0.15) is 18.4 Å². The first-order chi connectivity index (χ1) is 13.0. The van der Waals surface area contributed by atoms with Gasteiger partial charge in [0, 0.05) is 19.0 Å². The summed E-state index contributed by atoms with van der Waals surface area (Å²) in [6.07, 6.45) is -0.878. The number of fused-ring (bicyclic) bond motifs is 1. The average Bonchev–Trinajstić information content (AvgIpc) is 3.24. The number of amides is 1. The fourth-order valence-corrected chi connectivity index (χ4v) is 3.64. The highest BCUT2D eigenvalue weighted by molar-refractivity contribution is 5.75. The quantitative estimate of drug-likeness (QED) is 0.725. The molecule has 4 rings (SSSR count). The van der Waals surface area contributed by atoms with Crippen molar-refractivity contribution < 1.29 is 19.4 Å². The molecule has 1 saturated heterocycles.